The van der Waals surface area contributed by atoms with Gasteiger partial charge in [-0.3, -0.25) is 4.79 Å². The molecule has 1 aromatic heterocycles. The highest BCUT2D eigenvalue weighted by atomic mass is 16.5. The van der Waals surface area contributed by atoms with Gasteiger partial charge in [0.05, 0.1) is 18.0 Å². The van der Waals surface area contributed by atoms with Gasteiger partial charge in [0.2, 0.25) is 5.91 Å². The minimum absolute atomic E-state index is 0.0120. The second-order valence-corrected chi connectivity index (χ2v) is 8.69. The van der Waals surface area contributed by atoms with Crippen molar-refractivity contribution in [2.24, 2.45) is 0 Å². The molecule has 1 amide bonds. The Morgan fingerprint density at radius 2 is 1.93 bits per heavy atom. The smallest absolute Gasteiger partial charge is 0.340 e. The molecular weight excluding hydrogens is 378 g/mol. The predicted molar refractivity (Wildman–Crippen MR) is 117 cm³/mol. The molecule has 5 nitrogen and oxygen atoms in total. The molecule has 0 spiro atoms. The highest BCUT2D eigenvalue weighted by Crippen LogP contribution is 2.36. The van der Waals surface area contributed by atoms with Crippen LogP contribution in [0.15, 0.2) is 51.7 Å². The largest absolute Gasteiger partial charge is 0.487 e. The van der Waals surface area contributed by atoms with Gasteiger partial charge in [-0.15, -0.1) is 0 Å². The molecule has 1 atom stereocenters. The minimum Gasteiger partial charge on any atom is -0.487 e. The molecule has 0 aliphatic carbocycles. The molecule has 0 saturated heterocycles. The maximum absolute atomic E-state index is 12.7. The zero-order chi connectivity index (χ0) is 21.5. The standard InChI is InChI=1S/C25H27NO4/c1-15-19-12-18-10-11-25(3,4)30-21(18)14-22(19)29-24(28)20(15)13-23(27)26-16(2)17-8-6-5-7-9-17/h5-9,12,14,16H,10-11,13H2,1-4H3,(H,26,27)/t16-/m0/s1. The Morgan fingerprint density at radius 1 is 1.20 bits per heavy atom. The summed E-state index contributed by atoms with van der Waals surface area (Å²) in [5, 5.41) is 3.82. The molecule has 1 aliphatic heterocycles. The first-order chi connectivity index (χ1) is 14.2. The Labute approximate surface area is 176 Å². The van der Waals surface area contributed by atoms with Gasteiger partial charge in [-0.1, -0.05) is 30.3 Å². The van der Waals surface area contributed by atoms with Crippen molar-refractivity contribution in [2.45, 2.75) is 58.6 Å². The maximum atomic E-state index is 12.7. The fourth-order valence-electron chi connectivity index (χ4n) is 4.02. The van der Waals surface area contributed by atoms with Gasteiger partial charge >= 0.3 is 5.63 Å². The molecular formula is C25H27NO4. The summed E-state index contributed by atoms with van der Waals surface area (Å²) in [6, 6.07) is 13.4. The van der Waals surface area contributed by atoms with Crippen LogP contribution < -0.4 is 15.7 Å². The lowest BCUT2D eigenvalue weighted by atomic mass is 9.92. The third-order valence-electron chi connectivity index (χ3n) is 5.87. The van der Waals surface area contributed by atoms with Crippen LogP contribution in [0.5, 0.6) is 5.75 Å². The lowest BCUT2D eigenvalue weighted by Crippen LogP contribution is -2.32. The molecule has 2 aromatic carbocycles. The number of hydrogen-bond donors (Lipinski definition) is 1. The maximum Gasteiger partial charge on any atom is 0.340 e. The van der Waals surface area contributed by atoms with Crippen LogP contribution in [0.25, 0.3) is 11.0 Å². The fourth-order valence-corrected chi connectivity index (χ4v) is 4.02. The number of benzene rings is 2. The summed E-state index contributed by atoms with van der Waals surface area (Å²) in [6.07, 6.45) is 1.82. The highest BCUT2D eigenvalue weighted by Gasteiger charge is 2.28. The number of aryl methyl sites for hydroxylation is 2. The van der Waals surface area contributed by atoms with Gasteiger partial charge in [0.15, 0.2) is 0 Å². The number of fused-ring (bicyclic) bond motifs is 2. The van der Waals surface area contributed by atoms with Crippen LogP contribution in [0.2, 0.25) is 0 Å². The van der Waals surface area contributed by atoms with E-state index in [1.54, 1.807) is 6.07 Å². The van der Waals surface area contributed by atoms with Gasteiger partial charge < -0.3 is 14.5 Å². The third-order valence-corrected chi connectivity index (χ3v) is 5.87. The first-order valence-electron chi connectivity index (χ1n) is 10.4. The van der Waals surface area contributed by atoms with Gasteiger partial charge in [-0.25, -0.2) is 4.79 Å². The SMILES string of the molecule is Cc1c(CC(=O)N[C@@H](C)c2ccccc2)c(=O)oc2cc3c(cc12)CCC(C)(C)O3. The average molecular weight is 405 g/mol. The first kappa shape index (κ1) is 20.2. The highest BCUT2D eigenvalue weighted by molar-refractivity contribution is 5.86. The van der Waals surface area contributed by atoms with Crippen LogP contribution >= 0.6 is 0 Å². The van der Waals surface area contributed by atoms with E-state index in [1.807, 2.05) is 50.2 Å². The molecule has 0 fully saturated rings. The van der Waals surface area contributed by atoms with Gasteiger partial charge in [-0.2, -0.15) is 0 Å². The third kappa shape index (κ3) is 3.97. The molecule has 0 radical (unpaired) electrons. The molecule has 0 bridgehead atoms. The molecule has 0 saturated carbocycles. The topological polar surface area (TPSA) is 68.5 Å². The van der Waals surface area contributed by atoms with E-state index in [0.29, 0.717) is 11.1 Å². The molecule has 156 valence electrons. The van der Waals surface area contributed by atoms with E-state index >= 15 is 0 Å². The molecule has 4 rings (SSSR count). The summed E-state index contributed by atoms with van der Waals surface area (Å²) in [7, 11) is 0. The number of hydrogen-bond acceptors (Lipinski definition) is 4. The first-order valence-corrected chi connectivity index (χ1v) is 10.4. The molecule has 1 aliphatic rings. The number of carbonyl (C=O) groups is 1. The van der Waals surface area contributed by atoms with Gasteiger partial charge in [0.25, 0.3) is 0 Å². The van der Waals surface area contributed by atoms with E-state index < -0.39 is 5.63 Å². The Morgan fingerprint density at radius 3 is 2.67 bits per heavy atom. The molecule has 5 heteroatoms. The summed E-state index contributed by atoms with van der Waals surface area (Å²) in [6.45, 7) is 7.92. The van der Waals surface area contributed by atoms with Gasteiger partial charge in [-0.05, 0) is 63.3 Å². The van der Waals surface area contributed by atoms with E-state index in [2.05, 4.69) is 19.2 Å². The van der Waals surface area contributed by atoms with Crippen molar-refractivity contribution in [3.05, 3.63) is 75.1 Å². The summed E-state index contributed by atoms with van der Waals surface area (Å²) in [4.78, 5) is 25.3. The zero-order valence-corrected chi connectivity index (χ0v) is 17.9. The normalized spacial score (nSPS) is 15.9. The van der Waals surface area contributed by atoms with Crippen LogP contribution in [-0.2, 0) is 17.6 Å². The summed E-state index contributed by atoms with van der Waals surface area (Å²) in [5.41, 5.74) is 3.10. The van der Waals surface area contributed by atoms with Gasteiger partial charge in [0, 0.05) is 11.5 Å². The van der Waals surface area contributed by atoms with Crippen molar-refractivity contribution in [1.82, 2.24) is 5.32 Å². The minimum atomic E-state index is -0.475. The van der Waals surface area contributed by atoms with Crippen LogP contribution in [0.1, 0.15) is 55.5 Å². The fraction of sp³-hybridized carbons (Fsp3) is 0.360. The number of rotatable bonds is 4. The quantitative estimate of drug-likeness (QED) is 0.643. The summed E-state index contributed by atoms with van der Waals surface area (Å²) >= 11 is 0. The van der Waals surface area contributed by atoms with E-state index in [1.165, 1.54) is 0 Å². The van der Waals surface area contributed by atoms with Crippen molar-refractivity contribution in [1.29, 1.82) is 0 Å². The van der Waals surface area contributed by atoms with Crippen molar-refractivity contribution >= 4 is 16.9 Å². The zero-order valence-electron chi connectivity index (χ0n) is 17.9. The van der Waals surface area contributed by atoms with Gasteiger partial charge in [0.1, 0.15) is 16.9 Å². The van der Waals surface area contributed by atoms with Crippen molar-refractivity contribution in [2.75, 3.05) is 0 Å². The average Bonchev–Trinajstić information content (AvgIpc) is 2.70. The molecule has 30 heavy (non-hydrogen) atoms. The van der Waals surface area contributed by atoms with E-state index in [9.17, 15) is 9.59 Å². The van der Waals surface area contributed by atoms with E-state index in [4.69, 9.17) is 9.15 Å². The number of ether oxygens (including phenoxy) is 1. The lowest BCUT2D eigenvalue weighted by molar-refractivity contribution is -0.121. The Balaban J connectivity index is 1.62. The van der Waals surface area contributed by atoms with Crippen LogP contribution in [0, 0.1) is 6.92 Å². The predicted octanol–water partition coefficient (Wildman–Crippen LogP) is 4.62. The second kappa shape index (κ2) is 7.63. The van der Waals surface area contributed by atoms with Crippen LogP contribution in [0.3, 0.4) is 0 Å². The Kier molecular flexibility index (Phi) is 5.14. The number of nitrogens with one attached hydrogen (secondary N) is 1. The number of amides is 1. The van der Waals surface area contributed by atoms with Crippen LogP contribution in [-0.4, -0.2) is 11.5 Å². The summed E-state index contributed by atoms with van der Waals surface area (Å²) in [5.74, 6) is 0.563. The van der Waals surface area contributed by atoms with Crippen molar-refractivity contribution in [3.63, 3.8) is 0 Å². The molecule has 2 heterocycles. The lowest BCUT2D eigenvalue weighted by Gasteiger charge is -2.32. The van der Waals surface area contributed by atoms with Crippen molar-refractivity contribution in [3.8, 4) is 5.75 Å². The molecule has 0 unspecified atom stereocenters. The summed E-state index contributed by atoms with van der Waals surface area (Å²) < 4.78 is 11.6. The second-order valence-electron chi connectivity index (χ2n) is 8.69. The van der Waals surface area contributed by atoms with Crippen molar-refractivity contribution < 1.29 is 13.9 Å². The Bertz CT molecular complexity index is 1160. The Hall–Kier alpha value is -3.08. The van der Waals surface area contributed by atoms with E-state index in [-0.39, 0.29) is 24.0 Å². The number of carbonyl (C=O) groups excluding carboxylic acids is 1. The van der Waals surface area contributed by atoms with E-state index in [0.717, 1.165) is 40.7 Å². The monoisotopic (exact) mass is 405 g/mol. The van der Waals surface area contributed by atoms with Crippen LogP contribution in [0.4, 0.5) is 0 Å². The molecule has 1 N–H and O–H groups in total. The molecule has 3 aromatic rings.